The van der Waals surface area contributed by atoms with Crippen LogP contribution in [-0.2, 0) is 27.2 Å². The molecule has 11 nitrogen and oxygen atoms in total. The van der Waals surface area contributed by atoms with E-state index < -0.39 is 28.7 Å². The first-order valence-corrected chi connectivity index (χ1v) is 16.8. The minimum Gasteiger partial charge on any atom is -0.383 e. The third kappa shape index (κ3) is 8.73. The molecule has 244 valence electrons. The van der Waals surface area contributed by atoms with E-state index in [0.717, 1.165) is 24.6 Å². The molecule has 0 spiro atoms. The highest BCUT2D eigenvalue weighted by molar-refractivity contribution is 9.10. The second kappa shape index (κ2) is 15.7. The van der Waals surface area contributed by atoms with Crippen molar-refractivity contribution in [2.24, 2.45) is 0 Å². The van der Waals surface area contributed by atoms with Crippen LogP contribution in [0, 0.1) is 11.6 Å². The van der Waals surface area contributed by atoms with Gasteiger partial charge in [0, 0.05) is 45.8 Å². The standard InChI is InChI=1S/C30H37BrF2N6O5S/c1-43-14-13-38-16-23(20-7-8-24(32)25(33)15-20)26(17-38)34-30(40)35-29-28(31)27(36-39(29)21-5-3-2-4-6-21)18-44-22-9-11-37(12-10-22)19-45(41)42/h2-8,15,22-23,26H,9-14,16-19H2,1H3,(H,41,42)(H2,34,35,40)/t23-,26+/m0/s1. The minimum atomic E-state index is -1.86. The van der Waals surface area contributed by atoms with Gasteiger partial charge in [-0.2, -0.15) is 5.10 Å². The zero-order valence-corrected chi connectivity index (χ0v) is 27.2. The van der Waals surface area contributed by atoms with Crippen molar-refractivity contribution in [3.63, 3.8) is 0 Å². The van der Waals surface area contributed by atoms with Crippen molar-refractivity contribution in [3.8, 4) is 5.69 Å². The van der Waals surface area contributed by atoms with Gasteiger partial charge in [0.1, 0.15) is 11.6 Å². The van der Waals surface area contributed by atoms with E-state index in [2.05, 4.69) is 31.5 Å². The zero-order chi connectivity index (χ0) is 31.9. The quantitative estimate of drug-likeness (QED) is 0.238. The van der Waals surface area contributed by atoms with Crippen LogP contribution in [0.1, 0.15) is 30.0 Å². The van der Waals surface area contributed by atoms with Gasteiger partial charge in [0.15, 0.2) is 28.5 Å². The molecule has 2 aliphatic heterocycles. The summed E-state index contributed by atoms with van der Waals surface area (Å²) in [5.41, 5.74) is 1.93. The summed E-state index contributed by atoms with van der Waals surface area (Å²) < 4.78 is 61.7. The number of para-hydroxylation sites is 1. The number of likely N-dealkylation sites (tertiary alicyclic amines) is 2. The Bertz CT molecular complexity index is 1480. The lowest BCUT2D eigenvalue weighted by Crippen LogP contribution is -2.42. The number of nitrogens with zero attached hydrogens (tertiary/aromatic N) is 4. The summed E-state index contributed by atoms with van der Waals surface area (Å²) in [4.78, 5) is 17.6. The first-order valence-electron chi connectivity index (χ1n) is 14.7. The molecule has 3 atom stereocenters. The highest BCUT2D eigenvalue weighted by atomic mass is 79.9. The lowest BCUT2D eigenvalue weighted by molar-refractivity contribution is -0.000978. The average molecular weight is 712 g/mol. The topological polar surface area (TPSA) is 121 Å². The first-order chi connectivity index (χ1) is 21.7. The largest absolute Gasteiger partial charge is 0.383 e. The maximum absolute atomic E-state index is 14.2. The van der Waals surface area contributed by atoms with Gasteiger partial charge in [-0.05, 0) is 58.6 Å². The molecule has 3 heterocycles. The number of ether oxygens (including phenoxy) is 2. The minimum absolute atomic E-state index is 0.0292. The normalized spacial score (nSPS) is 20.4. The van der Waals surface area contributed by atoms with E-state index in [4.69, 9.17) is 19.1 Å². The Balaban J connectivity index is 1.30. The van der Waals surface area contributed by atoms with Gasteiger partial charge in [-0.3, -0.25) is 15.1 Å². The van der Waals surface area contributed by atoms with E-state index in [9.17, 15) is 17.8 Å². The fraction of sp³-hybridized carbons (Fsp3) is 0.467. The second-order valence-corrected chi connectivity index (χ2v) is 12.9. The summed E-state index contributed by atoms with van der Waals surface area (Å²) in [6, 6.07) is 12.4. The molecule has 1 aromatic heterocycles. The van der Waals surface area contributed by atoms with E-state index in [-0.39, 0.29) is 30.5 Å². The third-order valence-corrected chi connectivity index (χ3v) is 9.52. The summed E-state index contributed by atoms with van der Waals surface area (Å²) in [6.07, 6.45) is 1.42. The summed E-state index contributed by atoms with van der Waals surface area (Å²) in [5.74, 6) is -1.57. The molecule has 0 aliphatic carbocycles. The number of rotatable bonds is 12. The van der Waals surface area contributed by atoms with Crippen LogP contribution >= 0.6 is 15.9 Å². The van der Waals surface area contributed by atoms with Gasteiger partial charge in [0.2, 0.25) is 0 Å². The number of halogens is 3. The van der Waals surface area contributed by atoms with Crippen molar-refractivity contribution < 1.29 is 31.8 Å². The van der Waals surface area contributed by atoms with Crippen LogP contribution in [0.15, 0.2) is 53.0 Å². The molecule has 0 bridgehead atoms. The predicted molar refractivity (Wildman–Crippen MR) is 170 cm³/mol. The molecule has 3 N–H and O–H groups in total. The van der Waals surface area contributed by atoms with Gasteiger partial charge in [-0.25, -0.2) is 22.5 Å². The van der Waals surface area contributed by atoms with E-state index in [1.165, 1.54) is 6.07 Å². The molecule has 2 saturated heterocycles. The highest BCUT2D eigenvalue weighted by Crippen LogP contribution is 2.32. The van der Waals surface area contributed by atoms with Gasteiger partial charge < -0.3 is 19.3 Å². The molecular weight excluding hydrogens is 674 g/mol. The van der Waals surface area contributed by atoms with Crippen LogP contribution in [0.4, 0.5) is 19.4 Å². The average Bonchev–Trinajstić information content (AvgIpc) is 3.57. The van der Waals surface area contributed by atoms with Crippen molar-refractivity contribution in [1.29, 1.82) is 0 Å². The number of carbonyl (C=O) groups excluding carboxylic acids is 1. The van der Waals surface area contributed by atoms with Crippen LogP contribution in [0.25, 0.3) is 5.69 Å². The molecule has 2 aromatic carbocycles. The fourth-order valence-corrected chi connectivity index (χ4v) is 6.82. The molecule has 2 fully saturated rings. The van der Waals surface area contributed by atoms with Crippen LogP contribution in [0.3, 0.4) is 0 Å². The van der Waals surface area contributed by atoms with E-state index in [1.54, 1.807) is 17.9 Å². The Hall–Kier alpha value is -2.79. The summed E-state index contributed by atoms with van der Waals surface area (Å²) in [7, 11) is 1.62. The molecule has 3 aromatic rings. The Labute approximate surface area is 271 Å². The van der Waals surface area contributed by atoms with Crippen LogP contribution in [0.2, 0.25) is 0 Å². The number of piperidine rings is 1. The number of amides is 2. The molecule has 5 rings (SSSR count). The number of urea groups is 1. The molecular formula is C30H37BrF2N6O5S. The first kappa shape index (κ1) is 33.6. The van der Waals surface area contributed by atoms with Crippen LogP contribution in [-0.4, -0.2) is 98.8 Å². The van der Waals surface area contributed by atoms with E-state index in [0.29, 0.717) is 60.9 Å². The number of aromatic nitrogens is 2. The van der Waals surface area contributed by atoms with E-state index in [1.807, 2.05) is 35.2 Å². The molecule has 45 heavy (non-hydrogen) atoms. The summed E-state index contributed by atoms with van der Waals surface area (Å²) in [5, 5.41) is 10.7. The molecule has 0 saturated carbocycles. The van der Waals surface area contributed by atoms with Crippen molar-refractivity contribution in [2.75, 3.05) is 57.6 Å². The Kier molecular flexibility index (Phi) is 11.7. The predicted octanol–water partition coefficient (Wildman–Crippen LogP) is 4.31. The Morgan fingerprint density at radius 3 is 2.56 bits per heavy atom. The van der Waals surface area contributed by atoms with Gasteiger partial charge in [-0.15, -0.1) is 0 Å². The maximum atomic E-state index is 14.2. The van der Waals surface area contributed by atoms with Crippen molar-refractivity contribution >= 4 is 38.9 Å². The van der Waals surface area contributed by atoms with E-state index >= 15 is 0 Å². The van der Waals surface area contributed by atoms with Gasteiger partial charge >= 0.3 is 6.03 Å². The summed E-state index contributed by atoms with van der Waals surface area (Å²) in [6.45, 7) is 3.71. The SMILES string of the molecule is COCCN1C[C@@H](NC(=O)Nc2c(Br)c(COC3CCN(CS(=O)O)CC3)nn2-c2ccccc2)[C@H](c2ccc(F)c(F)c2)C1. The zero-order valence-electron chi connectivity index (χ0n) is 24.8. The third-order valence-electron chi connectivity index (χ3n) is 8.11. The fourth-order valence-electron chi connectivity index (χ4n) is 5.79. The van der Waals surface area contributed by atoms with Gasteiger partial charge in [0.05, 0.1) is 35.5 Å². The molecule has 2 aliphatic rings. The number of hydrogen-bond donors (Lipinski definition) is 3. The number of nitrogens with one attached hydrogen (secondary N) is 2. The molecule has 15 heteroatoms. The van der Waals surface area contributed by atoms with Gasteiger partial charge in [-0.1, -0.05) is 24.3 Å². The van der Waals surface area contributed by atoms with Gasteiger partial charge in [0.25, 0.3) is 0 Å². The van der Waals surface area contributed by atoms with Crippen LogP contribution in [0.5, 0.6) is 0 Å². The second-order valence-electron chi connectivity index (χ2n) is 11.2. The number of methoxy groups -OCH3 is 1. The molecule has 1 unspecified atom stereocenters. The van der Waals surface area contributed by atoms with Crippen molar-refractivity contribution in [3.05, 3.63) is 75.9 Å². The number of hydrogen-bond acceptors (Lipinski definition) is 7. The maximum Gasteiger partial charge on any atom is 0.320 e. The van der Waals surface area contributed by atoms with Crippen molar-refractivity contribution in [2.45, 2.75) is 37.5 Å². The monoisotopic (exact) mass is 710 g/mol. The lowest BCUT2D eigenvalue weighted by Gasteiger charge is -2.30. The van der Waals surface area contributed by atoms with Crippen LogP contribution < -0.4 is 10.6 Å². The smallest absolute Gasteiger partial charge is 0.320 e. The number of anilines is 1. The number of carbonyl (C=O) groups is 1. The Morgan fingerprint density at radius 1 is 1.11 bits per heavy atom. The lowest BCUT2D eigenvalue weighted by atomic mass is 9.94. The highest BCUT2D eigenvalue weighted by Gasteiger charge is 2.35. The molecule has 2 amide bonds. The molecule has 0 radical (unpaired) electrons. The number of benzene rings is 2. The summed E-state index contributed by atoms with van der Waals surface area (Å²) >= 11 is 1.77. The van der Waals surface area contributed by atoms with Crippen molar-refractivity contribution in [1.82, 2.24) is 24.9 Å². The Morgan fingerprint density at radius 2 is 1.87 bits per heavy atom.